The molecule has 0 saturated heterocycles. The first-order valence-corrected chi connectivity index (χ1v) is 5.63. The second kappa shape index (κ2) is 4.94. The molecule has 0 radical (unpaired) electrons. The zero-order chi connectivity index (χ0) is 11.5. The lowest BCUT2D eigenvalue weighted by Gasteiger charge is -2.29. The lowest BCUT2D eigenvalue weighted by atomic mass is 10.0. The number of carbonyl (C=O) groups is 1. The average molecular weight is 214 g/mol. The molecule has 0 heterocycles. The van der Waals surface area contributed by atoms with Crippen LogP contribution in [0.25, 0.3) is 0 Å². The molecular weight excluding hydrogens is 192 g/mol. The van der Waals surface area contributed by atoms with Crippen LogP contribution in [0, 0.1) is 5.92 Å². The highest BCUT2D eigenvalue weighted by molar-refractivity contribution is 5.76. The third kappa shape index (κ3) is 3.80. The van der Waals surface area contributed by atoms with E-state index in [9.17, 15) is 9.90 Å². The van der Waals surface area contributed by atoms with Crippen molar-refractivity contribution in [2.75, 3.05) is 20.1 Å². The summed E-state index contributed by atoms with van der Waals surface area (Å²) in [5.41, 5.74) is 4.66. The smallest absolute Gasteiger partial charge is 0.221 e. The second-order valence-corrected chi connectivity index (χ2v) is 4.93. The van der Waals surface area contributed by atoms with Gasteiger partial charge in [-0.05, 0) is 19.9 Å². The molecule has 4 heteroatoms. The molecular formula is C11H22N2O2. The highest BCUT2D eigenvalue weighted by Gasteiger charge is 2.32. The van der Waals surface area contributed by atoms with Gasteiger partial charge >= 0.3 is 0 Å². The van der Waals surface area contributed by atoms with Gasteiger partial charge in [-0.25, -0.2) is 0 Å². The van der Waals surface area contributed by atoms with E-state index >= 15 is 0 Å². The maximum atomic E-state index is 10.9. The van der Waals surface area contributed by atoms with Gasteiger partial charge in [-0.1, -0.05) is 19.8 Å². The molecule has 0 bridgehead atoms. The summed E-state index contributed by atoms with van der Waals surface area (Å²) >= 11 is 0. The van der Waals surface area contributed by atoms with Crippen molar-refractivity contribution in [2.45, 2.75) is 38.2 Å². The summed E-state index contributed by atoms with van der Waals surface area (Å²) in [6, 6.07) is 0. The molecule has 1 rings (SSSR count). The van der Waals surface area contributed by atoms with E-state index in [4.69, 9.17) is 5.73 Å². The van der Waals surface area contributed by atoms with Crippen molar-refractivity contribution in [1.82, 2.24) is 4.90 Å². The van der Waals surface area contributed by atoms with Crippen molar-refractivity contribution in [3.63, 3.8) is 0 Å². The quantitative estimate of drug-likeness (QED) is 0.693. The van der Waals surface area contributed by atoms with E-state index < -0.39 is 5.60 Å². The number of amides is 1. The van der Waals surface area contributed by atoms with Crippen molar-refractivity contribution in [3.8, 4) is 0 Å². The molecule has 1 fully saturated rings. The lowest BCUT2D eigenvalue weighted by Crippen LogP contribution is -2.42. The van der Waals surface area contributed by atoms with Crippen LogP contribution in [0.1, 0.15) is 32.6 Å². The molecule has 1 atom stereocenters. The molecule has 4 nitrogen and oxygen atoms in total. The van der Waals surface area contributed by atoms with Gasteiger partial charge in [0.15, 0.2) is 0 Å². The van der Waals surface area contributed by atoms with Crippen LogP contribution in [0.3, 0.4) is 0 Å². The molecule has 1 aliphatic rings. The van der Waals surface area contributed by atoms with E-state index in [1.54, 1.807) is 0 Å². The first kappa shape index (κ1) is 12.5. The predicted molar refractivity (Wildman–Crippen MR) is 59.3 cm³/mol. The van der Waals surface area contributed by atoms with Crippen LogP contribution in [0.5, 0.6) is 0 Å². The minimum atomic E-state index is -0.536. The molecule has 0 spiro atoms. The Bertz CT molecular complexity index is 225. The molecule has 1 aliphatic carbocycles. The third-order valence-corrected chi connectivity index (χ3v) is 3.17. The summed E-state index contributed by atoms with van der Waals surface area (Å²) in [5.74, 6) is -0.430. The summed E-state index contributed by atoms with van der Waals surface area (Å²) in [4.78, 5) is 12.9. The van der Waals surface area contributed by atoms with Crippen LogP contribution in [-0.2, 0) is 4.79 Å². The van der Waals surface area contributed by atoms with Gasteiger partial charge in [0.1, 0.15) is 0 Å². The van der Waals surface area contributed by atoms with Crippen LogP contribution < -0.4 is 5.73 Å². The van der Waals surface area contributed by atoms with Crippen molar-refractivity contribution in [3.05, 3.63) is 0 Å². The molecule has 15 heavy (non-hydrogen) atoms. The van der Waals surface area contributed by atoms with Gasteiger partial charge in [0, 0.05) is 19.0 Å². The highest BCUT2D eigenvalue weighted by atomic mass is 16.3. The molecule has 1 unspecified atom stereocenters. The van der Waals surface area contributed by atoms with Crippen LogP contribution in [0.4, 0.5) is 0 Å². The van der Waals surface area contributed by atoms with Gasteiger partial charge in [-0.3, -0.25) is 4.79 Å². The van der Waals surface area contributed by atoms with Gasteiger partial charge in [0.2, 0.25) is 5.91 Å². The van der Waals surface area contributed by atoms with Gasteiger partial charge in [0.25, 0.3) is 0 Å². The van der Waals surface area contributed by atoms with Gasteiger partial charge in [0.05, 0.1) is 5.60 Å². The Labute approximate surface area is 91.4 Å². The minimum Gasteiger partial charge on any atom is -0.389 e. The van der Waals surface area contributed by atoms with E-state index in [0.29, 0.717) is 13.1 Å². The summed E-state index contributed by atoms with van der Waals surface area (Å²) in [7, 11) is 1.93. The first-order valence-electron chi connectivity index (χ1n) is 5.63. The maximum absolute atomic E-state index is 10.9. The molecule has 0 aromatic heterocycles. The van der Waals surface area contributed by atoms with E-state index in [-0.39, 0.29) is 11.8 Å². The van der Waals surface area contributed by atoms with Gasteiger partial charge in [-0.2, -0.15) is 0 Å². The van der Waals surface area contributed by atoms with Crippen LogP contribution in [0.2, 0.25) is 0 Å². The Morgan fingerprint density at radius 3 is 2.53 bits per heavy atom. The highest BCUT2D eigenvalue weighted by Crippen LogP contribution is 2.29. The third-order valence-electron chi connectivity index (χ3n) is 3.17. The summed E-state index contributed by atoms with van der Waals surface area (Å²) < 4.78 is 0. The Kier molecular flexibility index (Phi) is 4.11. The fourth-order valence-corrected chi connectivity index (χ4v) is 2.32. The standard InChI is InChI=1S/C11H22N2O2/c1-9(10(12)14)7-13(2)8-11(15)5-3-4-6-11/h9,15H,3-8H2,1-2H3,(H2,12,14). The second-order valence-electron chi connectivity index (χ2n) is 4.93. The number of primary amides is 1. The van der Waals surface area contributed by atoms with Crippen LogP contribution in [-0.4, -0.2) is 41.7 Å². The molecule has 0 aromatic rings. The number of nitrogens with two attached hydrogens (primary N) is 1. The number of hydrogen-bond donors (Lipinski definition) is 2. The van der Waals surface area contributed by atoms with Crippen molar-refractivity contribution < 1.29 is 9.90 Å². The SMILES string of the molecule is CC(CN(C)CC1(O)CCCC1)C(N)=O. The van der Waals surface area contributed by atoms with E-state index in [0.717, 1.165) is 25.7 Å². The Morgan fingerprint density at radius 1 is 1.53 bits per heavy atom. The van der Waals surface area contributed by atoms with Crippen LogP contribution in [0.15, 0.2) is 0 Å². The summed E-state index contributed by atoms with van der Waals surface area (Å²) in [6.45, 7) is 3.08. The molecule has 0 aliphatic heterocycles. The Morgan fingerprint density at radius 2 is 2.07 bits per heavy atom. The van der Waals surface area contributed by atoms with Gasteiger partial charge in [-0.15, -0.1) is 0 Å². The Hall–Kier alpha value is -0.610. The van der Waals surface area contributed by atoms with E-state index in [1.165, 1.54) is 0 Å². The molecule has 1 saturated carbocycles. The lowest BCUT2D eigenvalue weighted by molar-refractivity contribution is -0.122. The van der Waals surface area contributed by atoms with Crippen molar-refractivity contribution in [2.24, 2.45) is 11.7 Å². The van der Waals surface area contributed by atoms with E-state index in [2.05, 4.69) is 0 Å². The van der Waals surface area contributed by atoms with Gasteiger partial charge < -0.3 is 15.7 Å². The van der Waals surface area contributed by atoms with E-state index in [1.807, 2.05) is 18.9 Å². The van der Waals surface area contributed by atoms with Crippen molar-refractivity contribution >= 4 is 5.91 Å². The maximum Gasteiger partial charge on any atom is 0.221 e. The fourth-order valence-electron chi connectivity index (χ4n) is 2.32. The Balaban J connectivity index is 2.34. The molecule has 0 aromatic carbocycles. The summed E-state index contributed by atoms with van der Waals surface area (Å²) in [5, 5.41) is 10.2. The monoisotopic (exact) mass is 214 g/mol. The fraction of sp³-hybridized carbons (Fsp3) is 0.909. The predicted octanol–water partition coefficient (Wildman–Crippen LogP) is 0.345. The largest absolute Gasteiger partial charge is 0.389 e. The topological polar surface area (TPSA) is 66.6 Å². The zero-order valence-electron chi connectivity index (χ0n) is 9.70. The number of carbonyl (C=O) groups excluding carboxylic acids is 1. The van der Waals surface area contributed by atoms with Crippen LogP contribution >= 0.6 is 0 Å². The molecule has 88 valence electrons. The zero-order valence-corrected chi connectivity index (χ0v) is 9.70. The molecule has 3 N–H and O–H groups in total. The normalized spacial score (nSPS) is 21.9. The number of aliphatic hydroxyl groups is 1. The van der Waals surface area contributed by atoms with Crippen molar-refractivity contribution in [1.29, 1.82) is 0 Å². The minimum absolute atomic E-state index is 0.153. The number of hydrogen-bond acceptors (Lipinski definition) is 3. The first-order chi connectivity index (χ1) is 6.93. The molecule has 1 amide bonds. The summed E-state index contributed by atoms with van der Waals surface area (Å²) in [6.07, 6.45) is 3.97. The number of nitrogens with zero attached hydrogens (tertiary/aromatic N) is 1. The average Bonchev–Trinajstić information content (AvgIpc) is 2.50. The number of likely N-dealkylation sites (N-methyl/N-ethyl adjacent to an activating group) is 1. The number of rotatable bonds is 5.